The van der Waals surface area contributed by atoms with E-state index >= 15 is 0 Å². The minimum absolute atomic E-state index is 0.101. The third-order valence-electron chi connectivity index (χ3n) is 4.33. The van der Waals surface area contributed by atoms with Gasteiger partial charge in [0.15, 0.2) is 0 Å². The number of benzene rings is 2. The molecule has 0 bridgehead atoms. The van der Waals surface area contributed by atoms with Crippen molar-refractivity contribution in [3.63, 3.8) is 0 Å². The molecule has 0 atom stereocenters. The van der Waals surface area contributed by atoms with Crippen LogP contribution in [0.1, 0.15) is 12.5 Å². The van der Waals surface area contributed by atoms with Gasteiger partial charge in [-0.25, -0.2) is 4.99 Å². The standard InChI is InChI=1S/C20H16N2O2/c1-2-3-12-22-16-11-7-5-9-14(16)18(20(22)24)17-13-8-4-6-10-15(13)21-19(17)23/h2-11,24H,12H2,1H3/b3-2-. The van der Waals surface area contributed by atoms with Gasteiger partial charge in [-0.05, 0) is 19.1 Å². The molecule has 1 aromatic heterocycles. The first-order valence-electron chi connectivity index (χ1n) is 7.86. The van der Waals surface area contributed by atoms with Crippen LogP contribution in [0.5, 0.6) is 5.88 Å². The van der Waals surface area contributed by atoms with E-state index in [2.05, 4.69) is 4.99 Å². The van der Waals surface area contributed by atoms with Gasteiger partial charge in [0.25, 0.3) is 5.91 Å². The van der Waals surface area contributed by atoms with Gasteiger partial charge in [0.1, 0.15) is 0 Å². The molecule has 3 aromatic rings. The summed E-state index contributed by atoms with van der Waals surface area (Å²) in [6, 6.07) is 15.1. The van der Waals surface area contributed by atoms with Crippen LogP contribution in [0.3, 0.4) is 0 Å². The molecule has 4 rings (SSSR count). The van der Waals surface area contributed by atoms with E-state index in [1.807, 2.05) is 72.2 Å². The van der Waals surface area contributed by atoms with E-state index in [9.17, 15) is 9.90 Å². The van der Waals surface area contributed by atoms with E-state index in [0.29, 0.717) is 23.0 Å². The Kier molecular flexibility index (Phi) is 3.31. The molecule has 0 spiro atoms. The number of allylic oxidation sites excluding steroid dienone is 2. The Bertz CT molecular complexity index is 1120. The van der Waals surface area contributed by atoms with Crippen molar-refractivity contribution in [1.29, 1.82) is 0 Å². The van der Waals surface area contributed by atoms with Gasteiger partial charge in [-0.2, -0.15) is 0 Å². The SMILES string of the molecule is C/C=C\Cn1c(O)c(C2=c3ccccc3=NC2=O)c2ccccc21. The lowest BCUT2D eigenvalue weighted by atomic mass is 10.0. The highest BCUT2D eigenvalue weighted by molar-refractivity contribution is 6.24. The monoisotopic (exact) mass is 316 g/mol. The van der Waals surface area contributed by atoms with Crippen LogP contribution in [-0.4, -0.2) is 15.6 Å². The molecule has 2 aromatic carbocycles. The van der Waals surface area contributed by atoms with Crippen LogP contribution in [0.15, 0.2) is 65.7 Å². The number of rotatable bonds is 3. The number of hydrogen-bond donors (Lipinski definition) is 1. The number of hydrogen-bond acceptors (Lipinski definition) is 2. The number of carbonyl (C=O) groups excluding carboxylic acids is 1. The summed E-state index contributed by atoms with van der Waals surface area (Å²) >= 11 is 0. The number of aromatic nitrogens is 1. The molecule has 24 heavy (non-hydrogen) atoms. The summed E-state index contributed by atoms with van der Waals surface area (Å²) < 4.78 is 1.81. The first kappa shape index (κ1) is 14.5. The van der Waals surface area contributed by atoms with Crippen molar-refractivity contribution < 1.29 is 9.90 Å². The topological polar surface area (TPSA) is 54.6 Å². The Morgan fingerprint density at radius 2 is 1.88 bits per heavy atom. The lowest BCUT2D eigenvalue weighted by Gasteiger charge is -2.04. The van der Waals surface area contributed by atoms with Crippen LogP contribution in [0.25, 0.3) is 16.5 Å². The first-order chi connectivity index (χ1) is 11.7. The molecule has 1 amide bonds. The van der Waals surface area contributed by atoms with Crippen LogP contribution in [0.4, 0.5) is 0 Å². The summed E-state index contributed by atoms with van der Waals surface area (Å²) in [5, 5.41) is 13.1. The van der Waals surface area contributed by atoms with Gasteiger partial charge < -0.3 is 9.67 Å². The highest BCUT2D eigenvalue weighted by Crippen LogP contribution is 2.36. The second-order valence-electron chi connectivity index (χ2n) is 5.70. The predicted molar refractivity (Wildman–Crippen MR) is 93.2 cm³/mol. The number of para-hydroxylation sites is 2. The zero-order valence-corrected chi connectivity index (χ0v) is 13.2. The minimum atomic E-state index is -0.305. The van der Waals surface area contributed by atoms with Gasteiger partial charge in [0.05, 0.1) is 22.0 Å². The number of amides is 1. The third kappa shape index (κ3) is 2.00. The van der Waals surface area contributed by atoms with Crippen molar-refractivity contribution in [1.82, 2.24) is 4.57 Å². The number of nitrogens with zero attached hydrogens (tertiary/aromatic N) is 2. The molecule has 1 N–H and O–H groups in total. The number of aromatic hydroxyl groups is 1. The molecule has 118 valence electrons. The van der Waals surface area contributed by atoms with E-state index in [4.69, 9.17) is 0 Å². The van der Waals surface area contributed by atoms with Gasteiger partial charge in [-0.15, -0.1) is 0 Å². The Hall–Kier alpha value is -3.14. The summed E-state index contributed by atoms with van der Waals surface area (Å²) in [5.41, 5.74) is 1.93. The molecule has 0 saturated heterocycles. The minimum Gasteiger partial charge on any atom is -0.494 e. The Labute approximate surface area is 138 Å². The van der Waals surface area contributed by atoms with Crippen molar-refractivity contribution in [2.75, 3.05) is 0 Å². The van der Waals surface area contributed by atoms with Crippen LogP contribution < -0.4 is 10.6 Å². The van der Waals surface area contributed by atoms with Crippen molar-refractivity contribution in [3.05, 3.63) is 76.8 Å². The molecule has 1 aliphatic rings. The molecular formula is C20H16N2O2. The average Bonchev–Trinajstić information content (AvgIpc) is 3.06. The molecule has 0 radical (unpaired) electrons. The molecule has 4 heteroatoms. The summed E-state index contributed by atoms with van der Waals surface area (Å²) in [5.74, 6) is -0.204. The third-order valence-corrected chi connectivity index (χ3v) is 4.33. The van der Waals surface area contributed by atoms with Crippen LogP contribution >= 0.6 is 0 Å². The molecule has 2 heterocycles. The maximum absolute atomic E-state index is 12.5. The molecule has 1 aliphatic heterocycles. The van der Waals surface area contributed by atoms with E-state index in [0.717, 1.165) is 16.1 Å². The zero-order chi connectivity index (χ0) is 16.7. The lowest BCUT2D eigenvalue weighted by molar-refractivity contribution is -0.112. The number of carbonyl (C=O) groups is 1. The molecule has 0 saturated carbocycles. The van der Waals surface area contributed by atoms with E-state index in [1.165, 1.54) is 0 Å². The number of fused-ring (bicyclic) bond motifs is 2. The predicted octanol–water partition coefficient (Wildman–Crippen LogP) is 2.28. The Morgan fingerprint density at radius 1 is 1.12 bits per heavy atom. The second kappa shape index (κ2) is 5.49. The molecule has 0 unspecified atom stereocenters. The second-order valence-corrected chi connectivity index (χ2v) is 5.70. The van der Waals surface area contributed by atoms with Gasteiger partial charge in [-0.1, -0.05) is 48.6 Å². The maximum atomic E-state index is 12.5. The van der Waals surface area contributed by atoms with Gasteiger partial charge >= 0.3 is 0 Å². The lowest BCUT2D eigenvalue weighted by Crippen LogP contribution is -2.22. The van der Waals surface area contributed by atoms with Crippen LogP contribution in [0, 0.1) is 0 Å². The van der Waals surface area contributed by atoms with E-state index in [-0.39, 0.29) is 11.8 Å². The highest BCUT2D eigenvalue weighted by atomic mass is 16.3. The molecule has 4 nitrogen and oxygen atoms in total. The Balaban J connectivity index is 2.12. The van der Waals surface area contributed by atoms with E-state index < -0.39 is 0 Å². The summed E-state index contributed by atoms with van der Waals surface area (Å²) in [4.78, 5) is 16.6. The fourth-order valence-corrected chi connectivity index (χ4v) is 3.24. The normalized spacial score (nSPS) is 13.7. The molecular weight excluding hydrogens is 300 g/mol. The van der Waals surface area contributed by atoms with E-state index in [1.54, 1.807) is 0 Å². The molecule has 0 fully saturated rings. The van der Waals surface area contributed by atoms with Crippen molar-refractivity contribution in [2.24, 2.45) is 4.99 Å². The quantitative estimate of drug-likeness (QED) is 0.754. The summed E-state index contributed by atoms with van der Waals surface area (Å²) in [6.45, 7) is 2.48. The maximum Gasteiger partial charge on any atom is 0.279 e. The van der Waals surface area contributed by atoms with Gasteiger partial charge in [-0.3, -0.25) is 4.79 Å². The highest BCUT2D eigenvalue weighted by Gasteiger charge is 2.26. The van der Waals surface area contributed by atoms with Crippen LogP contribution in [0.2, 0.25) is 0 Å². The fraction of sp³-hybridized carbons (Fsp3) is 0.100. The molecule has 0 aliphatic carbocycles. The van der Waals surface area contributed by atoms with Crippen molar-refractivity contribution in [2.45, 2.75) is 13.5 Å². The van der Waals surface area contributed by atoms with Gasteiger partial charge in [0.2, 0.25) is 5.88 Å². The van der Waals surface area contributed by atoms with Crippen LogP contribution in [-0.2, 0) is 11.3 Å². The van der Waals surface area contributed by atoms with Crippen molar-refractivity contribution in [3.8, 4) is 5.88 Å². The van der Waals surface area contributed by atoms with Gasteiger partial charge in [0, 0.05) is 17.1 Å². The smallest absolute Gasteiger partial charge is 0.279 e. The first-order valence-corrected chi connectivity index (χ1v) is 7.86. The largest absolute Gasteiger partial charge is 0.494 e. The summed E-state index contributed by atoms with van der Waals surface area (Å²) in [6.07, 6.45) is 3.90. The average molecular weight is 316 g/mol. The zero-order valence-electron chi connectivity index (χ0n) is 13.2. The fourth-order valence-electron chi connectivity index (χ4n) is 3.24. The Morgan fingerprint density at radius 3 is 2.71 bits per heavy atom. The van der Waals surface area contributed by atoms with Crippen molar-refractivity contribution >= 4 is 22.4 Å². The summed E-state index contributed by atoms with van der Waals surface area (Å²) in [7, 11) is 0.